The van der Waals surface area contributed by atoms with E-state index in [1.54, 1.807) is 20.8 Å². The normalized spacial score (nSPS) is 11.2. The van der Waals surface area contributed by atoms with Gasteiger partial charge in [-0.1, -0.05) is 61.9 Å². The molecule has 7 aromatic heterocycles. The number of carbonyl (C=O) groups is 4. The molecule has 0 saturated heterocycles. The van der Waals surface area contributed by atoms with Crippen LogP contribution in [0, 0.1) is 23.3 Å². The largest absolute Gasteiger partial charge is 0.481 e. The number of amidine groups is 1. The molecule has 2 amide bonds. The number of hydrogen-bond acceptors (Lipinski definition) is 32. The maximum Gasteiger partial charge on any atom is 0.446 e. The van der Waals surface area contributed by atoms with Gasteiger partial charge in [0.1, 0.15) is 28.9 Å². The third kappa shape index (κ3) is 21.9. The van der Waals surface area contributed by atoms with Gasteiger partial charge in [-0.3, -0.25) is 43.4 Å². The summed E-state index contributed by atoms with van der Waals surface area (Å²) in [5.74, 6) is -8.08. The number of aliphatic imine (C=N–C) groups is 1. The highest BCUT2D eigenvalue weighted by molar-refractivity contribution is 6.32. The number of aliphatic carboxylic acids is 1. The van der Waals surface area contributed by atoms with Crippen LogP contribution < -0.4 is 53.2 Å². The molecular formula is C59H52Cl4F4N18O21. The van der Waals surface area contributed by atoms with E-state index in [0.717, 1.165) is 38.0 Å². The zero-order valence-corrected chi connectivity index (χ0v) is 57.5. The Morgan fingerprint density at radius 1 is 0.491 bits per heavy atom. The fraction of sp³-hybridized carbons (Fsp3) is 0.271. The summed E-state index contributed by atoms with van der Waals surface area (Å²) in [6, 6.07) is 14.6. The summed E-state index contributed by atoms with van der Waals surface area (Å²) in [5.41, 5.74) is 12.0. The first-order valence-electron chi connectivity index (χ1n) is 30.0. The van der Waals surface area contributed by atoms with Crippen LogP contribution in [-0.4, -0.2) is 142 Å². The molecule has 0 atom stereocenters. The number of halogens is 8. The summed E-state index contributed by atoms with van der Waals surface area (Å²) in [4.78, 5) is 83.8. The predicted octanol–water partition coefficient (Wildman–Crippen LogP) is 7.96. The average molecular weight is 1570 g/mol. The van der Waals surface area contributed by atoms with Gasteiger partial charge < -0.3 is 40.3 Å². The van der Waals surface area contributed by atoms with Gasteiger partial charge >= 0.3 is 29.2 Å². The van der Waals surface area contributed by atoms with Crippen molar-refractivity contribution in [1.82, 2.24) is 75.9 Å². The van der Waals surface area contributed by atoms with E-state index in [1.165, 1.54) is 48.5 Å². The van der Waals surface area contributed by atoms with E-state index >= 15 is 0 Å². The second-order valence-corrected chi connectivity index (χ2v) is 23.3. The number of hydroxylamine groups is 1. The first-order chi connectivity index (χ1) is 50.6. The molecule has 11 aromatic rings. The van der Waals surface area contributed by atoms with Crippen LogP contribution in [0.3, 0.4) is 0 Å². The lowest BCUT2D eigenvalue weighted by Gasteiger charge is -2.19. The third-order valence-electron chi connectivity index (χ3n) is 12.8. The number of nitrogens with one attached hydrogen (secondary N) is 1. The minimum atomic E-state index is -0.967. The van der Waals surface area contributed by atoms with Gasteiger partial charge in [0, 0.05) is 25.7 Å². The van der Waals surface area contributed by atoms with Crippen molar-refractivity contribution in [3.05, 3.63) is 154 Å². The van der Waals surface area contributed by atoms with Crippen LogP contribution >= 0.6 is 46.4 Å². The van der Waals surface area contributed by atoms with Crippen LogP contribution in [0.25, 0.3) is 51.6 Å². The molecule has 0 aliphatic heterocycles. The van der Waals surface area contributed by atoms with Crippen molar-refractivity contribution >= 4 is 81.7 Å². The Labute approximate surface area is 607 Å². The number of amides is 2. The molecule has 0 unspecified atom stereocenters. The molecule has 0 bridgehead atoms. The van der Waals surface area contributed by atoms with Crippen LogP contribution in [0.15, 0.2) is 124 Å². The van der Waals surface area contributed by atoms with Crippen molar-refractivity contribution in [2.75, 3.05) is 26.4 Å². The molecule has 47 heteroatoms. The van der Waals surface area contributed by atoms with Crippen LogP contribution in [-0.2, 0) is 23.9 Å². The number of nitrogens with two attached hydrogens (primary N) is 2. The number of esters is 1. The van der Waals surface area contributed by atoms with E-state index in [-0.39, 0.29) is 177 Å². The van der Waals surface area contributed by atoms with Crippen LogP contribution in [0.4, 0.5) is 23.2 Å². The van der Waals surface area contributed by atoms with Gasteiger partial charge in [-0.25, -0.2) is 69.2 Å². The zero-order valence-electron chi connectivity index (χ0n) is 54.5. The van der Waals surface area contributed by atoms with Gasteiger partial charge in [-0.2, -0.15) is 0 Å². The number of rotatable bonds is 28. The maximum atomic E-state index is 13.5. The van der Waals surface area contributed by atoms with E-state index in [2.05, 4.69) is 89.3 Å². The highest BCUT2D eigenvalue weighted by Crippen LogP contribution is 2.32. The smallest absolute Gasteiger partial charge is 0.446 e. The first kappa shape index (κ1) is 79.4. The first-order valence-corrected chi connectivity index (χ1v) is 31.5. The molecule has 4 aromatic carbocycles. The van der Waals surface area contributed by atoms with Crippen molar-refractivity contribution in [2.24, 2.45) is 16.5 Å². The van der Waals surface area contributed by atoms with E-state index in [1.807, 2.05) is 5.48 Å². The Kier molecular flexibility index (Phi) is 27.8. The van der Waals surface area contributed by atoms with Crippen molar-refractivity contribution in [3.63, 3.8) is 0 Å². The molecule has 560 valence electrons. The number of nitrogens with zero attached hydrogens (tertiary/aromatic N) is 15. The summed E-state index contributed by atoms with van der Waals surface area (Å²) in [6.07, 6.45) is 1.61. The fourth-order valence-corrected chi connectivity index (χ4v) is 8.92. The molecule has 0 spiro atoms. The zero-order chi connectivity index (χ0) is 76.8. The minimum absolute atomic E-state index is 0.0152. The Balaban J connectivity index is 0.000000179. The summed E-state index contributed by atoms with van der Waals surface area (Å²) in [6.45, 7) is 5.70. The van der Waals surface area contributed by atoms with E-state index in [0.29, 0.717) is 19.3 Å². The van der Waals surface area contributed by atoms with Crippen molar-refractivity contribution in [2.45, 2.75) is 77.7 Å². The molecule has 0 aliphatic carbocycles. The van der Waals surface area contributed by atoms with Crippen LogP contribution in [0.5, 0.6) is 23.5 Å². The van der Waals surface area contributed by atoms with E-state index < -0.39 is 63.9 Å². The maximum absolute atomic E-state index is 13.5. The van der Waals surface area contributed by atoms with Gasteiger partial charge in [0.25, 0.3) is 23.5 Å². The van der Waals surface area contributed by atoms with Gasteiger partial charge in [0.05, 0.1) is 69.3 Å². The second-order valence-electron chi connectivity index (χ2n) is 21.7. The number of carbonyl (C=O) groups excluding carboxylic acids is 3. The molecule has 7 heterocycles. The molecule has 0 aliphatic rings. The van der Waals surface area contributed by atoms with E-state index in [9.17, 15) is 56.3 Å². The average Bonchev–Trinajstić information content (AvgIpc) is 1.82. The molecule has 7 N–H and O–H groups in total. The number of hydrogen-bond donors (Lipinski definition) is 5. The number of carboxylic acid groups (broad SMARTS) is 1. The molecule has 0 radical (unpaired) electrons. The molecule has 11 rings (SSSR count). The third-order valence-corrected chi connectivity index (χ3v) is 14.0. The number of carboxylic acids is 1. The van der Waals surface area contributed by atoms with Gasteiger partial charge in [-0.05, 0) is 161 Å². The summed E-state index contributed by atoms with van der Waals surface area (Å²) < 4.78 is 115. The molecular weight excluding hydrogens is 1510 g/mol. The van der Waals surface area contributed by atoms with Crippen LogP contribution in [0.1, 0.15) is 77.8 Å². The van der Waals surface area contributed by atoms with Gasteiger partial charge in [-0.15, -0.1) is 0 Å². The van der Waals surface area contributed by atoms with Gasteiger partial charge in [0.2, 0.25) is 52.1 Å². The standard InChI is InChI=1S/C18H18ClFN4O6.C14H11ClFN5O5.C14H10ClFN4O6.C13H13ClFN5O4/c1-18(2,3)28-13(25)5-4-8-27-16-14(21-30-23-16)15-22-29-17(26)24(15)10-6-7-12(20)11(19)9-10;15-8-6-7(3-4-9(8)16)21-12(19-25-14(21)23)11-13(20-26-18-11)24-5-1-2-10(17)22;15-8-6-7(3-4-9(8)16)20-12(18-25-14(20)23)11-13(19-26-17-11)24-5-1-2-10(21)22;14-8-6-7(3-4-9(8)15)17-12(18-22)11-13(20-24-19-11)23-5-1-2-10(16)21/h6-7,9H,4-5,8H2,1-3H3;3-4,6H,1-2,5H2,(H2,17,22);3-4,6H,1-2,5H2,(H,21,22);3-4,6,22H,1-2,5H2,(H2,16,21)(H,17,18). The number of aromatic nitrogens is 14. The lowest BCUT2D eigenvalue weighted by Crippen LogP contribution is -2.24. The molecule has 0 saturated carbocycles. The lowest BCUT2D eigenvalue weighted by atomic mass is 10.2. The topological polar surface area (TPSA) is 531 Å². The summed E-state index contributed by atoms with van der Waals surface area (Å²) in [5, 5.41) is 56.9. The highest BCUT2D eigenvalue weighted by Gasteiger charge is 2.29. The number of benzene rings is 4. The second kappa shape index (κ2) is 37.2. The minimum Gasteiger partial charge on any atom is -0.481 e. The monoisotopic (exact) mass is 1560 g/mol. The summed E-state index contributed by atoms with van der Waals surface area (Å²) in [7, 11) is 0. The molecule has 106 heavy (non-hydrogen) atoms. The number of ether oxygens (including phenoxy) is 5. The SMILES string of the molecule is CC(C)(C)OC(=O)CCCOc1nonc1-c1noc(=O)n1-c1ccc(F)c(Cl)c1.NC(=O)CCCOc1nonc1-c1noc(=O)n1-c1ccc(F)c(Cl)c1.NC(=O)CCCOc1nonc1C(=Nc1ccc(F)c(Cl)c1)NO.O=C(O)CCCOc1nonc1-c1noc(=O)n1-c1ccc(F)c(Cl)c1. The van der Waals surface area contributed by atoms with Crippen molar-refractivity contribution in [3.8, 4) is 75.1 Å². The molecule has 0 fully saturated rings. The van der Waals surface area contributed by atoms with E-state index in [4.69, 9.17) is 91.2 Å². The Morgan fingerprint density at radius 2 is 0.830 bits per heavy atom. The Bertz CT molecular complexity index is 4920. The lowest BCUT2D eigenvalue weighted by molar-refractivity contribution is -0.155. The van der Waals surface area contributed by atoms with Crippen molar-refractivity contribution in [1.29, 1.82) is 0 Å². The summed E-state index contributed by atoms with van der Waals surface area (Å²) >= 11 is 23.0. The van der Waals surface area contributed by atoms with Crippen molar-refractivity contribution < 1.29 is 103 Å². The van der Waals surface area contributed by atoms with Gasteiger partial charge in [0.15, 0.2) is 5.84 Å². The quantitative estimate of drug-likeness (QED) is 0.00775. The highest BCUT2D eigenvalue weighted by atomic mass is 35.5. The van der Waals surface area contributed by atoms with Crippen LogP contribution in [0.2, 0.25) is 20.1 Å². The molecule has 39 nitrogen and oxygen atoms in total. The Hall–Kier alpha value is -12.4. The fourth-order valence-electron chi connectivity index (χ4n) is 8.22. The Morgan fingerprint density at radius 3 is 1.18 bits per heavy atom. The predicted molar refractivity (Wildman–Crippen MR) is 349 cm³/mol. The number of primary amides is 2.